The van der Waals surface area contributed by atoms with Crippen molar-refractivity contribution in [3.8, 4) is 6.07 Å². The SMILES string of the molecule is C[N+](C)(CC#N)CCN1C(=O)C2C(c3ccccc3)C=CC(c3ccccc3)C2C1=O. The molecule has 2 aromatic rings. The predicted molar refractivity (Wildman–Crippen MR) is 119 cm³/mol. The summed E-state index contributed by atoms with van der Waals surface area (Å²) in [6.07, 6.45) is 4.22. The molecule has 31 heavy (non-hydrogen) atoms. The molecule has 1 aliphatic heterocycles. The number of imide groups is 1. The molecule has 2 aliphatic rings. The van der Waals surface area contributed by atoms with Gasteiger partial charge in [0.1, 0.15) is 6.07 Å². The molecular formula is C26H28N3O2+. The zero-order valence-corrected chi connectivity index (χ0v) is 18.0. The maximum atomic E-state index is 13.6. The number of nitriles is 1. The lowest BCUT2D eigenvalue weighted by Gasteiger charge is -2.32. The fourth-order valence-corrected chi connectivity index (χ4v) is 4.86. The van der Waals surface area contributed by atoms with E-state index in [1.54, 1.807) is 0 Å². The first-order valence-corrected chi connectivity index (χ1v) is 10.8. The molecule has 4 rings (SSSR count). The summed E-state index contributed by atoms with van der Waals surface area (Å²) >= 11 is 0. The molecule has 4 unspecified atom stereocenters. The van der Waals surface area contributed by atoms with Crippen LogP contribution in [0.15, 0.2) is 72.8 Å². The molecule has 0 bridgehead atoms. The monoisotopic (exact) mass is 414 g/mol. The molecule has 5 heteroatoms. The molecule has 0 aromatic heterocycles. The number of carbonyl (C=O) groups is 2. The molecule has 0 N–H and O–H groups in total. The van der Waals surface area contributed by atoms with Gasteiger partial charge in [-0.15, -0.1) is 0 Å². The Kier molecular flexibility index (Phi) is 5.75. The van der Waals surface area contributed by atoms with Gasteiger partial charge >= 0.3 is 0 Å². The minimum absolute atomic E-state index is 0.0916. The highest BCUT2D eigenvalue weighted by Gasteiger charge is 2.55. The number of likely N-dealkylation sites (N-methyl/N-ethyl adjacent to an activating group) is 1. The number of hydrogen-bond acceptors (Lipinski definition) is 3. The minimum atomic E-state index is -0.406. The number of likely N-dealkylation sites (tertiary alicyclic amines) is 1. The smallest absolute Gasteiger partial charge is 0.234 e. The second kappa shape index (κ2) is 8.49. The minimum Gasteiger partial charge on any atom is -0.315 e. The van der Waals surface area contributed by atoms with Crippen LogP contribution in [-0.2, 0) is 9.59 Å². The number of hydrogen-bond donors (Lipinski definition) is 0. The van der Waals surface area contributed by atoms with Crippen LogP contribution in [0.5, 0.6) is 0 Å². The third-order valence-electron chi connectivity index (χ3n) is 6.59. The van der Waals surface area contributed by atoms with Gasteiger partial charge < -0.3 is 4.48 Å². The maximum Gasteiger partial charge on any atom is 0.234 e. The standard InChI is InChI=1S/C26H28N3O2/c1-29(2,17-15-27)18-16-28-25(30)23-21(19-9-5-3-6-10-19)13-14-22(24(23)26(28)31)20-11-7-4-8-12-20/h3-14,21-24H,16-18H2,1-2H3/q+1. The summed E-state index contributed by atoms with van der Waals surface area (Å²) in [7, 11) is 3.89. The Hall–Kier alpha value is -3.23. The number of nitrogens with zero attached hydrogens (tertiary/aromatic N) is 3. The van der Waals surface area contributed by atoms with E-state index in [0.717, 1.165) is 11.1 Å². The van der Waals surface area contributed by atoms with E-state index in [1.165, 1.54) is 4.90 Å². The lowest BCUT2D eigenvalue weighted by molar-refractivity contribution is -0.882. The summed E-state index contributed by atoms with van der Waals surface area (Å²) in [6.45, 7) is 1.23. The lowest BCUT2D eigenvalue weighted by atomic mass is 9.68. The van der Waals surface area contributed by atoms with Crippen LogP contribution in [-0.4, -0.2) is 54.9 Å². The number of allylic oxidation sites excluding steroid dienone is 2. The first-order chi connectivity index (χ1) is 14.9. The number of carbonyl (C=O) groups excluding carboxylic acids is 2. The van der Waals surface area contributed by atoms with Crippen molar-refractivity contribution in [2.75, 3.05) is 33.7 Å². The second-order valence-corrected chi connectivity index (χ2v) is 9.11. The van der Waals surface area contributed by atoms with Crippen LogP contribution in [0.2, 0.25) is 0 Å². The average molecular weight is 415 g/mol. The fourth-order valence-electron chi connectivity index (χ4n) is 4.86. The number of amides is 2. The normalized spacial score (nSPS) is 25.4. The van der Waals surface area contributed by atoms with E-state index in [2.05, 4.69) is 18.2 Å². The molecule has 0 radical (unpaired) electrons. The quantitative estimate of drug-likeness (QED) is 0.315. The Morgan fingerprint density at radius 2 is 1.29 bits per heavy atom. The van der Waals surface area contributed by atoms with E-state index in [-0.39, 0.29) is 23.7 Å². The number of benzene rings is 2. The van der Waals surface area contributed by atoms with Crippen molar-refractivity contribution in [3.63, 3.8) is 0 Å². The molecule has 1 fully saturated rings. The maximum absolute atomic E-state index is 13.6. The van der Waals surface area contributed by atoms with Gasteiger partial charge in [-0.1, -0.05) is 72.8 Å². The Labute approximate surface area is 183 Å². The number of quaternary nitrogens is 1. The largest absolute Gasteiger partial charge is 0.315 e. The molecule has 0 spiro atoms. The van der Waals surface area contributed by atoms with Gasteiger partial charge in [-0.25, -0.2) is 0 Å². The van der Waals surface area contributed by atoms with Crippen molar-refractivity contribution < 1.29 is 14.1 Å². The highest BCUT2D eigenvalue weighted by molar-refractivity contribution is 6.06. The molecule has 1 aliphatic carbocycles. The summed E-state index contributed by atoms with van der Waals surface area (Å²) < 4.78 is 0.450. The van der Waals surface area contributed by atoms with Gasteiger partial charge in [0, 0.05) is 11.8 Å². The molecule has 1 saturated heterocycles. The third kappa shape index (κ3) is 4.04. The van der Waals surface area contributed by atoms with Crippen molar-refractivity contribution in [2.24, 2.45) is 11.8 Å². The van der Waals surface area contributed by atoms with Gasteiger partial charge in [0.05, 0.1) is 39.0 Å². The van der Waals surface area contributed by atoms with E-state index in [9.17, 15) is 9.59 Å². The number of rotatable bonds is 6. The molecular weight excluding hydrogens is 386 g/mol. The van der Waals surface area contributed by atoms with Gasteiger partial charge in [-0.3, -0.25) is 14.5 Å². The van der Waals surface area contributed by atoms with Gasteiger partial charge in [0.2, 0.25) is 11.8 Å². The van der Waals surface area contributed by atoms with Crippen molar-refractivity contribution >= 4 is 11.8 Å². The molecule has 4 atom stereocenters. The molecule has 158 valence electrons. The lowest BCUT2D eigenvalue weighted by Crippen LogP contribution is -2.47. The summed E-state index contributed by atoms with van der Waals surface area (Å²) in [6, 6.07) is 22.1. The van der Waals surface area contributed by atoms with Crippen LogP contribution in [0.4, 0.5) is 0 Å². The fraction of sp³-hybridized carbons (Fsp3) is 0.346. The van der Waals surface area contributed by atoms with Crippen LogP contribution < -0.4 is 0 Å². The van der Waals surface area contributed by atoms with Crippen LogP contribution in [0.25, 0.3) is 0 Å². The van der Waals surface area contributed by atoms with Crippen molar-refractivity contribution in [1.82, 2.24) is 4.90 Å². The summed E-state index contributed by atoms with van der Waals surface area (Å²) in [5, 5.41) is 9.07. The van der Waals surface area contributed by atoms with E-state index >= 15 is 0 Å². The molecule has 2 amide bonds. The van der Waals surface area contributed by atoms with Gasteiger partial charge in [0.15, 0.2) is 6.54 Å². The van der Waals surface area contributed by atoms with Gasteiger partial charge in [-0.2, -0.15) is 5.26 Å². The van der Waals surface area contributed by atoms with Crippen molar-refractivity contribution in [1.29, 1.82) is 5.26 Å². The van der Waals surface area contributed by atoms with E-state index in [4.69, 9.17) is 5.26 Å². The van der Waals surface area contributed by atoms with E-state index in [1.807, 2.05) is 74.8 Å². The average Bonchev–Trinajstić information content (AvgIpc) is 3.03. The molecule has 2 aromatic carbocycles. The summed E-state index contributed by atoms with van der Waals surface area (Å²) in [5.41, 5.74) is 2.12. The Balaban J connectivity index is 1.69. The van der Waals surface area contributed by atoms with Crippen LogP contribution >= 0.6 is 0 Å². The van der Waals surface area contributed by atoms with Gasteiger partial charge in [0.25, 0.3) is 0 Å². The molecule has 5 nitrogen and oxygen atoms in total. The zero-order chi connectivity index (χ0) is 22.0. The Bertz CT molecular complexity index is 956. The zero-order valence-electron chi connectivity index (χ0n) is 18.0. The van der Waals surface area contributed by atoms with Crippen LogP contribution in [0.1, 0.15) is 23.0 Å². The van der Waals surface area contributed by atoms with Gasteiger partial charge in [-0.05, 0) is 11.1 Å². The highest BCUT2D eigenvalue weighted by atomic mass is 16.2. The van der Waals surface area contributed by atoms with E-state index in [0.29, 0.717) is 24.1 Å². The third-order valence-corrected chi connectivity index (χ3v) is 6.59. The second-order valence-electron chi connectivity index (χ2n) is 9.11. The van der Waals surface area contributed by atoms with Crippen molar-refractivity contribution in [2.45, 2.75) is 11.8 Å². The topological polar surface area (TPSA) is 61.2 Å². The van der Waals surface area contributed by atoms with E-state index < -0.39 is 11.8 Å². The van der Waals surface area contributed by atoms with Crippen molar-refractivity contribution in [3.05, 3.63) is 83.9 Å². The Morgan fingerprint density at radius 3 is 1.71 bits per heavy atom. The highest BCUT2D eigenvalue weighted by Crippen LogP contribution is 2.49. The van der Waals surface area contributed by atoms with Crippen LogP contribution in [0, 0.1) is 23.2 Å². The first-order valence-electron chi connectivity index (χ1n) is 10.8. The Morgan fingerprint density at radius 1 is 0.839 bits per heavy atom. The summed E-state index contributed by atoms with van der Waals surface area (Å²) in [5.74, 6) is -1.23. The molecule has 0 saturated carbocycles. The summed E-state index contributed by atoms with van der Waals surface area (Å²) in [4.78, 5) is 28.6. The predicted octanol–water partition coefficient (Wildman–Crippen LogP) is 3.32. The first kappa shape index (κ1) is 21.0. The van der Waals surface area contributed by atoms with Crippen LogP contribution in [0.3, 0.4) is 0 Å². The number of fused-ring (bicyclic) bond motifs is 1. The molecule has 1 heterocycles.